The van der Waals surface area contributed by atoms with Crippen LogP contribution in [0, 0.1) is 19.7 Å². The van der Waals surface area contributed by atoms with Crippen LogP contribution in [-0.2, 0) is 32.7 Å². The van der Waals surface area contributed by atoms with E-state index in [0.717, 1.165) is 95.5 Å². The summed E-state index contributed by atoms with van der Waals surface area (Å²) < 4.78 is 22.3. The molecule has 604 valence electrons. The van der Waals surface area contributed by atoms with E-state index < -0.39 is 41.2 Å². The monoisotopic (exact) mass is 1670 g/mol. The van der Waals surface area contributed by atoms with Crippen molar-refractivity contribution in [2.75, 3.05) is 33.0 Å². The SMILES string of the molecule is Cc1ccc(-c2cn(CCO)nc2-c2ccncc2)cc1C(=O)O.Cc1ccc(-c2cn(CCO)nc2-c2ccncc2)cc1C(=O)O.O=C(O)c1cc(-c2cn(CCO)nc2-c2ccncc2)ccc1Br.O=C(O)c1cc(-c2cn(CCO)nc2-c2ccncc2)ccc1F.O=C(O)c1cccc(-c2cn(CCO)nc2-c2ccncc2)c1. The number of rotatable bonds is 25. The fourth-order valence-corrected chi connectivity index (χ4v) is 12.9. The fourth-order valence-electron chi connectivity index (χ4n) is 12.4. The topological polar surface area (TPSA) is 441 Å². The van der Waals surface area contributed by atoms with E-state index >= 15 is 0 Å². The van der Waals surface area contributed by atoms with Crippen molar-refractivity contribution in [3.63, 3.8) is 0 Å². The molecule has 0 aliphatic carbocycles. The van der Waals surface area contributed by atoms with Crippen LogP contribution in [0.2, 0.25) is 0 Å². The molecule has 0 amide bonds. The number of aryl methyl sites for hydroxylation is 2. The summed E-state index contributed by atoms with van der Waals surface area (Å²) in [5, 5.41) is 115. The molecule has 10 aromatic heterocycles. The lowest BCUT2D eigenvalue weighted by Gasteiger charge is -2.06. The van der Waals surface area contributed by atoms with Gasteiger partial charge in [-0.15, -0.1) is 0 Å². The summed E-state index contributed by atoms with van der Waals surface area (Å²) in [5.41, 5.74) is 17.2. The average Bonchev–Trinajstić information content (AvgIpc) is 1.70. The molecule has 0 atom stereocenters. The van der Waals surface area contributed by atoms with Crippen molar-refractivity contribution in [2.24, 2.45) is 0 Å². The smallest absolute Gasteiger partial charge is 0.338 e. The second-order valence-electron chi connectivity index (χ2n) is 26.1. The number of halogens is 2. The maximum absolute atomic E-state index is 13.6. The van der Waals surface area contributed by atoms with Crippen molar-refractivity contribution in [3.8, 4) is 112 Å². The summed E-state index contributed by atoms with van der Waals surface area (Å²) in [5.74, 6) is -6.01. The number of nitrogens with zero attached hydrogens (tertiary/aromatic N) is 15. The van der Waals surface area contributed by atoms with Crippen LogP contribution in [0.4, 0.5) is 4.39 Å². The molecule has 0 spiro atoms. The molecule has 119 heavy (non-hydrogen) atoms. The van der Waals surface area contributed by atoms with E-state index in [1.165, 1.54) is 12.1 Å². The van der Waals surface area contributed by atoms with E-state index in [4.69, 9.17) is 35.7 Å². The summed E-state index contributed by atoms with van der Waals surface area (Å²) in [7, 11) is 0. The van der Waals surface area contributed by atoms with Gasteiger partial charge in [-0.2, -0.15) is 25.5 Å². The Bertz CT molecular complexity index is 5440. The highest BCUT2D eigenvalue weighted by Gasteiger charge is 2.23. The van der Waals surface area contributed by atoms with Gasteiger partial charge in [-0.25, -0.2) is 28.4 Å². The Kier molecular flexibility index (Phi) is 29.2. The van der Waals surface area contributed by atoms with Gasteiger partial charge in [0.05, 0.1) is 93.6 Å². The van der Waals surface area contributed by atoms with Gasteiger partial charge in [-0.1, -0.05) is 48.5 Å². The first kappa shape index (κ1) is 85.3. The van der Waals surface area contributed by atoms with E-state index in [-0.39, 0.29) is 55.3 Å². The number of carboxylic acid groups (broad SMARTS) is 5. The Morgan fingerprint density at radius 1 is 0.303 bits per heavy atom. The molecule has 32 heteroatoms. The normalized spacial score (nSPS) is 10.7. The van der Waals surface area contributed by atoms with Crippen molar-refractivity contribution in [2.45, 2.75) is 46.6 Å². The Balaban J connectivity index is 0.000000146. The second kappa shape index (κ2) is 40.6. The van der Waals surface area contributed by atoms with Crippen molar-refractivity contribution < 1.29 is 79.4 Å². The molecule has 0 saturated heterocycles. The third-order valence-corrected chi connectivity index (χ3v) is 18.9. The molecular formula is C87H77BrFN15O15. The highest BCUT2D eigenvalue weighted by Crippen LogP contribution is 2.38. The molecule has 0 saturated carbocycles. The van der Waals surface area contributed by atoms with Crippen LogP contribution in [0.25, 0.3) is 112 Å². The summed E-state index contributed by atoms with van der Waals surface area (Å²) >= 11 is 3.25. The van der Waals surface area contributed by atoms with Gasteiger partial charge in [0.1, 0.15) is 34.3 Å². The average molecular weight is 1670 g/mol. The van der Waals surface area contributed by atoms with Gasteiger partial charge >= 0.3 is 29.8 Å². The predicted octanol–water partition coefficient (Wildman–Crippen LogP) is 13.0. The number of hydrogen-bond acceptors (Lipinski definition) is 20. The molecule has 0 fully saturated rings. The number of pyridine rings is 5. The maximum Gasteiger partial charge on any atom is 0.338 e. The number of aliphatic hydroxyl groups is 5. The first-order valence-corrected chi connectivity index (χ1v) is 37.4. The minimum Gasteiger partial charge on any atom is -0.478 e. The van der Waals surface area contributed by atoms with E-state index in [9.17, 15) is 43.7 Å². The molecule has 15 rings (SSSR count). The highest BCUT2D eigenvalue weighted by molar-refractivity contribution is 9.10. The lowest BCUT2D eigenvalue weighted by Crippen LogP contribution is -2.02. The van der Waals surface area contributed by atoms with E-state index in [1.807, 2.05) is 91.4 Å². The fraction of sp³-hybridized carbons (Fsp3) is 0.138. The minimum atomic E-state index is -1.33. The molecule has 0 aliphatic heterocycles. The van der Waals surface area contributed by atoms with Gasteiger partial charge in [0, 0.05) is 153 Å². The number of hydrogen-bond donors (Lipinski definition) is 10. The Morgan fingerprint density at radius 2 is 0.555 bits per heavy atom. The van der Waals surface area contributed by atoms with Gasteiger partial charge in [-0.05, 0) is 178 Å². The van der Waals surface area contributed by atoms with Gasteiger partial charge < -0.3 is 51.1 Å². The predicted molar refractivity (Wildman–Crippen MR) is 442 cm³/mol. The summed E-state index contributed by atoms with van der Waals surface area (Å²) in [4.78, 5) is 76.5. The molecule has 0 radical (unpaired) electrons. The Labute approximate surface area is 686 Å². The van der Waals surface area contributed by atoms with Gasteiger partial charge in [-0.3, -0.25) is 48.3 Å². The number of aliphatic hydroxyl groups excluding tert-OH is 5. The third-order valence-electron chi connectivity index (χ3n) is 18.2. The summed E-state index contributed by atoms with van der Waals surface area (Å²) in [6.45, 7) is 5.13. The largest absolute Gasteiger partial charge is 0.478 e. The molecule has 0 unspecified atom stereocenters. The number of aromatic carboxylic acids is 5. The zero-order valence-corrected chi connectivity index (χ0v) is 65.3. The van der Waals surface area contributed by atoms with Gasteiger partial charge in [0.2, 0.25) is 0 Å². The second-order valence-corrected chi connectivity index (χ2v) is 27.0. The molecule has 0 bridgehead atoms. The Hall–Kier alpha value is -14.5. The number of aromatic nitrogens is 15. The van der Waals surface area contributed by atoms with Gasteiger partial charge in [0.25, 0.3) is 0 Å². The number of carboxylic acids is 5. The standard InChI is InChI=1S/2C18H17N3O3.C17H14BrN3O3.C17H14FN3O3.C17H15N3O3/c2*1-12-2-3-14(10-15(12)18(23)24)16-11-21(8-9-22)20-17(16)13-4-6-19-7-5-13;2*18-15-2-1-12(9-13(15)17(23)24)14-10-21(7-8-22)20-16(14)11-3-5-19-6-4-11;21-9-8-20-11-15(13-2-1-3-14(10-13)17(22)23)16(19-20)12-4-6-18-7-5-12/h2*2-7,10-11,22H,8-9H2,1H3,(H,23,24);2*1-6,9-10,22H,7-8H2,(H,23,24);1-7,10-11,21H,8-9H2,(H,22,23). The van der Waals surface area contributed by atoms with Crippen molar-refractivity contribution in [1.82, 2.24) is 73.8 Å². The lowest BCUT2D eigenvalue weighted by atomic mass is 9.98. The van der Waals surface area contributed by atoms with E-state index in [2.05, 4.69) is 66.3 Å². The van der Waals surface area contributed by atoms with Crippen LogP contribution >= 0.6 is 15.9 Å². The zero-order chi connectivity index (χ0) is 84.7. The van der Waals surface area contributed by atoms with Crippen LogP contribution in [0.15, 0.2) is 255 Å². The summed E-state index contributed by atoms with van der Waals surface area (Å²) in [6.07, 6.45) is 25.6. The van der Waals surface area contributed by atoms with E-state index in [0.29, 0.717) is 70.8 Å². The van der Waals surface area contributed by atoms with Crippen molar-refractivity contribution >= 4 is 45.8 Å². The lowest BCUT2D eigenvalue weighted by molar-refractivity contribution is 0.0681. The molecule has 15 aromatic rings. The summed E-state index contributed by atoms with van der Waals surface area (Å²) in [6, 6.07) is 44.7. The quantitative estimate of drug-likeness (QED) is 0.0254. The first-order chi connectivity index (χ1) is 57.6. The third kappa shape index (κ3) is 21.5. The highest BCUT2D eigenvalue weighted by atomic mass is 79.9. The van der Waals surface area contributed by atoms with Crippen molar-refractivity contribution in [1.29, 1.82) is 0 Å². The minimum absolute atomic E-state index is 0.0218. The molecule has 0 aliphatic rings. The van der Waals surface area contributed by atoms with Crippen LogP contribution in [0.1, 0.15) is 62.9 Å². The van der Waals surface area contributed by atoms with Crippen LogP contribution < -0.4 is 0 Å². The molecule has 10 N–H and O–H groups in total. The van der Waals surface area contributed by atoms with Crippen LogP contribution in [0.5, 0.6) is 0 Å². The van der Waals surface area contributed by atoms with Crippen molar-refractivity contribution in [3.05, 3.63) is 300 Å². The van der Waals surface area contributed by atoms with Crippen LogP contribution in [0.3, 0.4) is 0 Å². The van der Waals surface area contributed by atoms with Crippen LogP contribution in [-0.4, -0.2) is 188 Å². The Morgan fingerprint density at radius 3 is 0.824 bits per heavy atom. The maximum atomic E-state index is 13.6. The number of carbonyl (C=O) groups is 5. The zero-order valence-electron chi connectivity index (χ0n) is 63.7. The molecular weight excluding hydrogens is 1590 g/mol. The molecule has 5 aromatic carbocycles. The van der Waals surface area contributed by atoms with E-state index in [1.54, 1.807) is 178 Å². The molecule has 10 heterocycles. The molecule has 30 nitrogen and oxygen atoms in total. The number of benzene rings is 5. The first-order valence-electron chi connectivity index (χ1n) is 36.6. The van der Waals surface area contributed by atoms with Gasteiger partial charge in [0.15, 0.2) is 0 Å².